The molecule has 0 saturated carbocycles. The second-order valence-electron chi connectivity index (χ2n) is 8.80. The first-order valence-corrected chi connectivity index (χ1v) is 12.8. The summed E-state index contributed by atoms with van der Waals surface area (Å²) in [6, 6.07) is 21.6. The average Bonchev–Trinajstić information content (AvgIpc) is 3.56. The molecule has 5 rings (SSSR count). The molecular weight excluding hydrogens is 513 g/mol. The van der Waals surface area contributed by atoms with Crippen molar-refractivity contribution in [3.8, 4) is 0 Å². The van der Waals surface area contributed by atoms with Gasteiger partial charge in [0.1, 0.15) is 11.9 Å². The molecule has 0 aliphatic carbocycles. The van der Waals surface area contributed by atoms with Crippen molar-refractivity contribution in [2.24, 2.45) is 5.92 Å². The first kappa shape index (κ1) is 24.9. The van der Waals surface area contributed by atoms with Crippen LogP contribution in [0.4, 0.5) is 4.39 Å². The van der Waals surface area contributed by atoms with Crippen molar-refractivity contribution in [1.82, 2.24) is 4.90 Å². The van der Waals surface area contributed by atoms with Crippen molar-refractivity contribution < 1.29 is 23.9 Å². The van der Waals surface area contributed by atoms with Gasteiger partial charge in [0.05, 0.1) is 16.8 Å². The highest BCUT2D eigenvalue weighted by Gasteiger charge is 2.57. The van der Waals surface area contributed by atoms with Gasteiger partial charge in [-0.05, 0) is 59.0 Å². The molecule has 4 aromatic rings. The smallest absolute Gasteiger partial charge is 0.327 e. The average molecular weight is 534 g/mol. The number of carbonyl (C=O) groups excluding carboxylic acids is 2. The Morgan fingerprint density at radius 2 is 1.49 bits per heavy atom. The molecule has 5 nitrogen and oxygen atoms in total. The summed E-state index contributed by atoms with van der Waals surface area (Å²) in [5.74, 6) is -4.35. The van der Waals surface area contributed by atoms with Gasteiger partial charge < -0.3 is 10.0 Å². The largest absolute Gasteiger partial charge is 0.480 e. The number of amides is 1. The summed E-state index contributed by atoms with van der Waals surface area (Å²) in [6.45, 7) is 0. The fraction of sp³-hybridized carbons (Fsp3) is 0.138. The third-order valence-electron chi connectivity index (χ3n) is 6.71. The lowest BCUT2D eigenvalue weighted by Gasteiger charge is -2.30. The topological polar surface area (TPSA) is 74.7 Å². The highest BCUT2D eigenvalue weighted by Crippen LogP contribution is 2.52. The summed E-state index contributed by atoms with van der Waals surface area (Å²) in [5.41, 5.74) is 1.34. The predicted molar refractivity (Wildman–Crippen MR) is 140 cm³/mol. The third kappa shape index (κ3) is 4.68. The van der Waals surface area contributed by atoms with E-state index in [0.717, 1.165) is 0 Å². The van der Waals surface area contributed by atoms with Gasteiger partial charge >= 0.3 is 5.97 Å². The van der Waals surface area contributed by atoms with Gasteiger partial charge in [-0.3, -0.25) is 9.59 Å². The molecule has 4 atom stereocenters. The van der Waals surface area contributed by atoms with Crippen molar-refractivity contribution in [2.45, 2.75) is 18.0 Å². The van der Waals surface area contributed by atoms with Crippen LogP contribution in [0.25, 0.3) is 0 Å². The third-order valence-corrected chi connectivity index (χ3v) is 7.84. The van der Waals surface area contributed by atoms with Crippen LogP contribution in [-0.4, -0.2) is 33.7 Å². The van der Waals surface area contributed by atoms with E-state index in [-0.39, 0.29) is 5.78 Å². The number of Topliss-reactive ketones (excluding diaryl/α,β-unsaturated/α-hetero) is 1. The van der Waals surface area contributed by atoms with E-state index < -0.39 is 41.6 Å². The number of likely N-dealkylation sites (tertiary alicyclic amines) is 1. The summed E-state index contributed by atoms with van der Waals surface area (Å²) in [6.07, 6.45) is 0. The molecule has 37 heavy (non-hydrogen) atoms. The van der Waals surface area contributed by atoms with Gasteiger partial charge in [-0.1, -0.05) is 60.1 Å². The predicted octanol–water partition coefficient (Wildman–Crippen LogP) is 6.47. The molecule has 1 aliphatic rings. The minimum absolute atomic E-state index is 0.279. The second-order valence-corrected chi connectivity index (χ2v) is 10.2. The molecule has 2 heterocycles. The number of carbonyl (C=O) groups is 3. The molecule has 1 saturated heterocycles. The number of rotatable bonds is 6. The Balaban J connectivity index is 1.77. The SMILES string of the molecule is O=C(c1cccs1)C1C(c2ccc(Cl)cc2)C(C(=O)O)N(C(=O)c2ccccc2)C1c1ccc(F)cc1. The van der Waals surface area contributed by atoms with Gasteiger partial charge in [0.25, 0.3) is 5.91 Å². The van der Waals surface area contributed by atoms with Gasteiger partial charge in [0, 0.05) is 16.5 Å². The zero-order valence-electron chi connectivity index (χ0n) is 19.3. The molecule has 1 aromatic heterocycles. The van der Waals surface area contributed by atoms with E-state index in [2.05, 4.69) is 0 Å². The molecule has 186 valence electrons. The minimum Gasteiger partial charge on any atom is -0.480 e. The van der Waals surface area contributed by atoms with Gasteiger partial charge in [-0.15, -0.1) is 11.3 Å². The van der Waals surface area contributed by atoms with Crippen LogP contribution in [0.1, 0.15) is 43.1 Å². The van der Waals surface area contributed by atoms with Crippen LogP contribution in [0.5, 0.6) is 0 Å². The highest BCUT2D eigenvalue weighted by molar-refractivity contribution is 7.12. The van der Waals surface area contributed by atoms with E-state index in [1.807, 2.05) is 0 Å². The van der Waals surface area contributed by atoms with E-state index in [1.54, 1.807) is 72.1 Å². The van der Waals surface area contributed by atoms with Crippen molar-refractivity contribution in [2.75, 3.05) is 0 Å². The number of carboxylic acid groups (broad SMARTS) is 1. The molecule has 3 aromatic carbocycles. The fourth-order valence-electron chi connectivity index (χ4n) is 5.16. The second kappa shape index (κ2) is 10.3. The molecular formula is C29H21ClFNO4S. The number of carboxylic acids is 1. The molecule has 0 bridgehead atoms. The van der Waals surface area contributed by atoms with E-state index in [9.17, 15) is 23.9 Å². The van der Waals surface area contributed by atoms with E-state index in [0.29, 0.717) is 26.6 Å². The van der Waals surface area contributed by atoms with Crippen LogP contribution >= 0.6 is 22.9 Å². The minimum atomic E-state index is -1.36. The maximum atomic E-state index is 14.1. The van der Waals surface area contributed by atoms with Crippen LogP contribution in [-0.2, 0) is 4.79 Å². The maximum Gasteiger partial charge on any atom is 0.327 e. The fourth-order valence-corrected chi connectivity index (χ4v) is 6.00. The summed E-state index contributed by atoms with van der Waals surface area (Å²) < 4.78 is 13.9. The van der Waals surface area contributed by atoms with Crippen LogP contribution in [0.15, 0.2) is 96.4 Å². The van der Waals surface area contributed by atoms with E-state index >= 15 is 0 Å². The van der Waals surface area contributed by atoms with Crippen LogP contribution in [0.3, 0.4) is 0 Å². The van der Waals surface area contributed by atoms with Crippen molar-refractivity contribution in [1.29, 1.82) is 0 Å². The Hall–Kier alpha value is -3.81. The molecule has 1 N–H and O–H groups in total. The molecule has 4 unspecified atom stereocenters. The number of ketones is 1. The van der Waals surface area contributed by atoms with Crippen molar-refractivity contribution >= 4 is 40.6 Å². The van der Waals surface area contributed by atoms with Gasteiger partial charge in [-0.25, -0.2) is 9.18 Å². The van der Waals surface area contributed by atoms with Crippen LogP contribution in [0.2, 0.25) is 5.02 Å². The van der Waals surface area contributed by atoms with E-state index in [4.69, 9.17) is 11.6 Å². The Morgan fingerprint density at radius 1 is 0.838 bits per heavy atom. The van der Waals surface area contributed by atoms with Crippen LogP contribution in [0, 0.1) is 11.7 Å². The monoisotopic (exact) mass is 533 g/mol. The summed E-state index contributed by atoms with van der Waals surface area (Å²) >= 11 is 7.37. The number of nitrogens with zero attached hydrogens (tertiary/aromatic N) is 1. The number of aliphatic carboxylic acids is 1. The first-order valence-electron chi connectivity index (χ1n) is 11.6. The molecule has 1 aliphatic heterocycles. The number of hydrogen-bond donors (Lipinski definition) is 1. The lowest BCUT2D eigenvalue weighted by molar-refractivity contribution is -0.142. The Labute approximate surface area is 221 Å². The quantitative estimate of drug-likeness (QED) is 0.288. The summed E-state index contributed by atoms with van der Waals surface area (Å²) in [4.78, 5) is 42.6. The number of benzene rings is 3. The standard InChI is InChI=1S/C29H21ClFNO4S/c30-20-12-8-17(9-13-20)23-24(27(33)22-7-4-16-37-22)25(18-10-14-21(31)15-11-18)32(26(23)29(35)36)28(34)19-5-2-1-3-6-19/h1-16,23-26H,(H,35,36). The normalized spacial score (nSPS) is 21.1. The van der Waals surface area contributed by atoms with E-state index in [1.165, 1.54) is 40.5 Å². The van der Waals surface area contributed by atoms with Gasteiger partial charge in [0.15, 0.2) is 5.78 Å². The molecule has 1 amide bonds. The number of thiophene rings is 1. The lowest BCUT2D eigenvalue weighted by atomic mass is 9.77. The van der Waals surface area contributed by atoms with Crippen molar-refractivity contribution in [3.05, 3.63) is 129 Å². The first-order chi connectivity index (χ1) is 17.9. The molecule has 0 spiro atoms. The number of hydrogen-bond acceptors (Lipinski definition) is 4. The molecule has 8 heteroatoms. The maximum absolute atomic E-state index is 14.1. The zero-order chi connectivity index (χ0) is 26.1. The highest BCUT2D eigenvalue weighted by atomic mass is 35.5. The van der Waals surface area contributed by atoms with Gasteiger partial charge in [0.2, 0.25) is 0 Å². The Bertz CT molecular complexity index is 1430. The summed E-state index contributed by atoms with van der Waals surface area (Å²) in [5, 5.41) is 12.7. The lowest BCUT2D eigenvalue weighted by Crippen LogP contribution is -2.43. The Kier molecular flexibility index (Phi) is 6.91. The van der Waals surface area contributed by atoms with Crippen molar-refractivity contribution in [3.63, 3.8) is 0 Å². The number of halogens is 2. The molecule has 1 fully saturated rings. The molecule has 0 radical (unpaired) electrons. The Morgan fingerprint density at radius 3 is 2.08 bits per heavy atom. The summed E-state index contributed by atoms with van der Waals surface area (Å²) in [7, 11) is 0. The van der Waals surface area contributed by atoms with Gasteiger partial charge in [-0.2, -0.15) is 0 Å². The zero-order valence-corrected chi connectivity index (χ0v) is 20.9. The van der Waals surface area contributed by atoms with Crippen LogP contribution < -0.4 is 0 Å².